The Labute approximate surface area is 90.4 Å². The zero-order chi connectivity index (χ0) is 11.4. The lowest BCUT2D eigenvalue weighted by molar-refractivity contribution is 0.102. The number of nitrogens with zero attached hydrogens (tertiary/aromatic N) is 3. The highest BCUT2D eigenvalue weighted by Crippen LogP contribution is 2.07. The second-order valence-corrected chi connectivity index (χ2v) is 2.92. The van der Waals surface area contributed by atoms with Crippen molar-refractivity contribution in [2.75, 3.05) is 5.32 Å². The highest BCUT2D eigenvalue weighted by Gasteiger charge is 2.11. The van der Waals surface area contributed by atoms with E-state index >= 15 is 0 Å². The summed E-state index contributed by atoms with van der Waals surface area (Å²) >= 11 is 0. The van der Waals surface area contributed by atoms with Gasteiger partial charge >= 0.3 is 0 Å². The molecule has 5 nitrogen and oxygen atoms in total. The molecule has 0 aromatic carbocycles. The van der Waals surface area contributed by atoms with Crippen molar-refractivity contribution in [3.63, 3.8) is 0 Å². The quantitative estimate of drug-likeness (QED) is 0.824. The Bertz CT molecular complexity index is 503. The lowest BCUT2D eigenvalue weighted by Crippen LogP contribution is -2.14. The molecule has 0 saturated heterocycles. The molecule has 0 fully saturated rings. The maximum Gasteiger partial charge on any atom is 0.259 e. The van der Waals surface area contributed by atoms with Gasteiger partial charge in [0, 0.05) is 12.4 Å². The molecule has 0 atom stereocenters. The van der Waals surface area contributed by atoms with E-state index in [0.29, 0.717) is 0 Å². The average Bonchev–Trinajstić information content (AvgIpc) is 2.31. The van der Waals surface area contributed by atoms with Gasteiger partial charge in [-0.2, -0.15) is 5.10 Å². The van der Waals surface area contributed by atoms with Crippen LogP contribution >= 0.6 is 0 Å². The third-order valence-corrected chi connectivity index (χ3v) is 1.83. The number of nitrogens with one attached hydrogen (secondary N) is 1. The maximum atomic E-state index is 13.2. The van der Waals surface area contributed by atoms with Crippen molar-refractivity contribution in [2.24, 2.45) is 0 Å². The molecule has 2 aromatic heterocycles. The first-order chi connectivity index (χ1) is 7.77. The van der Waals surface area contributed by atoms with Gasteiger partial charge in [0.2, 0.25) is 0 Å². The van der Waals surface area contributed by atoms with Crippen LogP contribution < -0.4 is 5.32 Å². The molecule has 2 heterocycles. The Balaban J connectivity index is 2.19. The summed E-state index contributed by atoms with van der Waals surface area (Å²) in [5, 5.41) is 9.66. The van der Waals surface area contributed by atoms with Crippen molar-refractivity contribution < 1.29 is 9.18 Å². The third kappa shape index (κ3) is 2.17. The van der Waals surface area contributed by atoms with Crippen LogP contribution in [0.5, 0.6) is 0 Å². The van der Waals surface area contributed by atoms with E-state index < -0.39 is 11.7 Å². The molecule has 0 saturated carbocycles. The number of hydrogen-bond donors (Lipinski definition) is 1. The van der Waals surface area contributed by atoms with Crippen molar-refractivity contribution in [3.05, 3.63) is 48.2 Å². The van der Waals surface area contributed by atoms with Crippen molar-refractivity contribution in [1.82, 2.24) is 15.2 Å². The van der Waals surface area contributed by atoms with Crippen LogP contribution in [0.2, 0.25) is 0 Å². The van der Waals surface area contributed by atoms with Crippen LogP contribution in [0, 0.1) is 5.82 Å². The van der Waals surface area contributed by atoms with Gasteiger partial charge in [-0.15, -0.1) is 5.10 Å². The van der Waals surface area contributed by atoms with Gasteiger partial charge in [-0.25, -0.2) is 4.39 Å². The molecule has 1 amide bonds. The Morgan fingerprint density at radius 2 is 2.19 bits per heavy atom. The van der Waals surface area contributed by atoms with Crippen molar-refractivity contribution in [2.45, 2.75) is 0 Å². The number of halogens is 1. The summed E-state index contributed by atoms with van der Waals surface area (Å²) in [6, 6.07) is 4.47. The normalized spacial score (nSPS) is 9.81. The van der Waals surface area contributed by atoms with Gasteiger partial charge in [-0.05, 0) is 18.2 Å². The summed E-state index contributed by atoms with van der Waals surface area (Å²) in [6.07, 6.45) is 3.79. The highest BCUT2D eigenvalue weighted by molar-refractivity contribution is 6.03. The molecule has 0 radical (unpaired) electrons. The lowest BCUT2D eigenvalue weighted by Gasteiger charge is -2.03. The molecule has 1 N–H and O–H groups in total. The van der Waals surface area contributed by atoms with E-state index in [1.165, 1.54) is 18.5 Å². The number of anilines is 1. The zero-order valence-electron chi connectivity index (χ0n) is 8.09. The van der Waals surface area contributed by atoms with E-state index in [-0.39, 0.29) is 11.4 Å². The smallest absolute Gasteiger partial charge is 0.259 e. The van der Waals surface area contributed by atoms with Gasteiger partial charge in [-0.3, -0.25) is 9.78 Å². The molecule has 0 aliphatic carbocycles. The van der Waals surface area contributed by atoms with Crippen molar-refractivity contribution >= 4 is 11.7 Å². The molecule has 6 heteroatoms. The Kier molecular flexibility index (Phi) is 2.81. The zero-order valence-corrected chi connectivity index (χ0v) is 8.09. The van der Waals surface area contributed by atoms with Crippen LogP contribution in [0.25, 0.3) is 0 Å². The van der Waals surface area contributed by atoms with Gasteiger partial charge in [0.1, 0.15) is 0 Å². The molecular formula is C10H7FN4O. The monoisotopic (exact) mass is 218 g/mol. The van der Waals surface area contributed by atoms with E-state index in [0.717, 1.165) is 6.20 Å². The Hall–Kier alpha value is -2.37. The minimum atomic E-state index is -0.677. The summed E-state index contributed by atoms with van der Waals surface area (Å²) < 4.78 is 13.2. The number of rotatable bonds is 2. The topological polar surface area (TPSA) is 67.8 Å². The highest BCUT2D eigenvalue weighted by atomic mass is 19.1. The van der Waals surface area contributed by atoms with Crippen molar-refractivity contribution in [1.29, 1.82) is 0 Å². The molecule has 0 aliphatic heterocycles. The van der Waals surface area contributed by atoms with Crippen LogP contribution in [0.15, 0.2) is 36.8 Å². The second-order valence-electron chi connectivity index (χ2n) is 2.92. The first-order valence-electron chi connectivity index (χ1n) is 4.46. The van der Waals surface area contributed by atoms with Crippen molar-refractivity contribution in [3.8, 4) is 0 Å². The SMILES string of the molecule is O=C(Nc1cccnn1)c1ccncc1F. The standard InChI is InChI=1S/C10H7FN4O/c11-8-6-12-5-3-7(8)10(16)14-9-2-1-4-13-15-9/h1-6H,(H,14,15,16). The van der Waals surface area contributed by atoms with Crippen LogP contribution in [0.3, 0.4) is 0 Å². The van der Waals surface area contributed by atoms with Gasteiger partial charge in [0.05, 0.1) is 11.8 Å². The molecule has 0 spiro atoms. The van der Waals surface area contributed by atoms with E-state index in [2.05, 4.69) is 20.5 Å². The van der Waals surface area contributed by atoms with Crippen LogP contribution in [0.4, 0.5) is 10.2 Å². The number of aromatic nitrogens is 3. The minimum Gasteiger partial charge on any atom is -0.305 e. The summed E-state index contributed by atoms with van der Waals surface area (Å²) in [7, 11) is 0. The summed E-state index contributed by atoms with van der Waals surface area (Å²) in [6.45, 7) is 0. The van der Waals surface area contributed by atoms with Crippen LogP contribution in [0.1, 0.15) is 10.4 Å². The average molecular weight is 218 g/mol. The van der Waals surface area contributed by atoms with E-state index in [9.17, 15) is 9.18 Å². The summed E-state index contributed by atoms with van der Waals surface area (Å²) in [4.78, 5) is 15.1. The fourth-order valence-corrected chi connectivity index (χ4v) is 1.11. The molecule has 80 valence electrons. The first kappa shape index (κ1) is 10.2. The molecule has 0 bridgehead atoms. The molecule has 16 heavy (non-hydrogen) atoms. The first-order valence-corrected chi connectivity index (χ1v) is 4.46. The molecule has 0 unspecified atom stereocenters. The molecule has 0 aliphatic rings. The molecule has 2 rings (SSSR count). The number of carbonyl (C=O) groups excluding carboxylic acids is 1. The predicted molar refractivity (Wildman–Crippen MR) is 54.2 cm³/mol. The van der Waals surface area contributed by atoms with Gasteiger partial charge in [-0.1, -0.05) is 0 Å². The number of hydrogen-bond acceptors (Lipinski definition) is 4. The summed E-state index contributed by atoms with van der Waals surface area (Å²) in [5.74, 6) is -0.993. The second kappa shape index (κ2) is 4.43. The Morgan fingerprint density at radius 3 is 2.88 bits per heavy atom. The number of carbonyl (C=O) groups is 1. The Morgan fingerprint density at radius 1 is 1.31 bits per heavy atom. The number of amides is 1. The van der Waals surface area contributed by atoms with Gasteiger partial charge < -0.3 is 5.32 Å². The fraction of sp³-hybridized carbons (Fsp3) is 0. The van der Waals surface area contributed by atoms with Gasteiger partial charge in [0.25, 0.3) is 5.91 Å². The van der Waals surface area contributed by atoms with E-state index in [1.54, 1.807) is 12.1 Å². The van der Waals surface area contributed by atoms with Crippen LogP contribution in [-0.4, -0.2) is 21.1 Å². The maximum absolute atomic E-state index is 13.2. The minimum absolute atomic E-state index is 0.0827. The van der Waals surface area contributed by atoms with Crippen LogP contribution in [-0.2, 0) is 0 Å². The lowest BCUT2D eigenvalue weighted by atomic mass is 10.2. The predicted octanol–water partition coefficient (Wildman–Crippen LogP) is 1.26. The largest absolute Gasteiger partial charge is 0.305 e. The number of pyridine rings is 1. The fourth-order valence-electron chi connectivity index (χ4n) is 1.11. The molecular weight excluding hydrogens is 211 g/mol. The van der Waals surface area contributed by atoms with E-state index in [4.69, 9.17) is 0 Å². The molecule has 2 aromatic rings. The van der Waals surface area contributed by atoms with E-state index in [1.807, 2.05) is 0 Å². The summed E-state index contributed by atoms with van der Waals surface area (Å²) in [5.41, 5.74) is -0.0827. The third-order valence-electron chi connectivity index (χ3n) is 1.83. The van der Waals surface area contributed by atoms with Gasteiger partial charge in [0.15, 0.2) is 11.6 Å².